The summed E-state index contributed by atoms with van der Waals surface area (Å²) < 4.78 is 11.6. The Morgan fingerprint density at radius 2 is 2.09 bits per heavy atom. The van der Waals surface area contributed by atoms with Crippen molar-refractivity contribution in [2.75, 3.05) is 44.9 Å². The van der Waals surface area contributed by atoms with E-state index >= 15 is 0 Å². The van der Waals surface area contributed by atoms with Gasteiger partial charge in [-0.05, 0) is 43.0 Å². The summed E-state index contributed by atoms with van der Waals surface area (Å²) in [6, 6.07) is 14.3. The van der Waals surface area contributed by atoms with Gasteiger partial charge >= 0.3 is 0 Å². The zero-order valence-electron chi connectivity index (χ0n) is 19.3. The van der Waals surface area contributed by atoms with Gasteiger partial charge in [-0.3, -0.25) is 9.79 Å². The topological polar surface area (TPSA) is 75.2 Å². The molecule has 0 spiro atoms. The van der Waals surface area contributed by atoms with Crippen molar-refractivity contribution in [1.29, 1.82) is 0 Å². The lowest BCUT2D eigenvalue weighted by atomic mass is 10.1. The van der Waals surface area contributed by atoms with Crippen LogP contribution in [0.4, 0.5) is 5.69 Å². The maximum atomic E-state index is 12.8. The highest BCUT2D eigenvalue weighted by molar-refractivity contribution is 14.0. The van der Waals surface area contributed by atoms with Crippen LogP contribution in [-0.2, 0) is 22.5 Å². The molecular formula is C25H33IN4O3. The highest BCUT2D eigenvalue weighted by Gasteiger charge is 2.24. The van der Waals surface area contributed by atoms with E-state index in [0.29, 0.717) is 25.0 Å². The summed E-state index contributed by atoms with van der Waals surface area (Å²) in [7, 11) is 1.71. The summed E-state index contributed by atoms with van der Waals surface area (Å²) in [5.74, 6) is 1.95. The summed E-state index contributed by atoms with van der Waals surface area (Å²) in [5, 5.41) is 6.45. The maximum absolute atomic E-state index is 12.8. The van der Waals surface area contributed by atoms with Crippen molar-refractivity contribution in [3.05, 3.63) is 59.2 Å². The Balaban J connectivity index is 0.00000306. The number of carbonyl (C=O) groups is 1. The molecule has 178 valence electrons. The fraction of sp³-hybridized carbons (Fsp3) is 0.440. The lowest BCUT2D eigenvalue weighted by Crippen LogP contribution is -2.44. The number of fused-ring (bicyclic) bond motifs is 1. The molecule has 2 N–H and O–H groups in total. The second kappa shape index (κ2) is 12.2. The summed E-state index contributed by atoms with van der Waals surface area (Å²) in [6.45, 7) is 5.78. The van der Waals surface area contributed by atoms with Gasteiger partial charge in [0.2, 0.25) is 5.91 Å². The third kappa shape index (κ3) is 6.60. The van der Waals surface area contributed by atoms with Gasteiger partial charge < -0.3 is 25.0 Å². The first-order valence-corrected chi connectivity index (χ1v) is 11.3. The van der Waals surface area contributed by atoms with Crippen LogP contribution >= 0.6 is 24.0 Å². The van der Waals surface area contributed by atoms with Gasteiger partial charge in [0.15, 0.2) is 5.96 Å². The van der Waals surface area contributed by atoms with Crippen molar-refractivity contribution in [1.82, 2.24) is 10.6 Å². The van der Waals surface area contributed by atoms with Crippen LogP contribution in [0.1, 0.15) is 23.1 Å². The predicted octanol–water partition coefficient (Wildman–Crippen LogP) is 3.28. The molecule has 0 bridgehead atoms. The smallest absolute Gasteiger partial charge is 0.246 e. The van der Waals surface area contributed by atoms with E-state index in [0.717, 1.165) is 55.2 Å². The van der Waals surface area contributed by atoms with E-state index in [1.807, 2.05) is 23.1 Å². The van der Waals surface area contributed by atoms with E-state index in [4.69, 9.17) is 9.47 Å². The van der Waals surface area contributed by atoms with Crippen molar-refractivity contribution < 1.29 is 14.3 Å². The molecule has 8 heteroatoms. The number of nitrogens with one attached hydrogen (secondary N) is 2. The molecule has 7 nitrogen and oxygen atoms in total. The van der Waals surface area contributed by atoms with Crippen LogP contribution in [0.15, 0.2) is 47.5 Å². The minimum atomic E-state index is 0. The predicted molar refractivity (Wildman–Crippen MR) is 142 cm³/mol. The van der Waals surface area contributed by atoms with E-state index in [-0.39, 0.29) is 36.4 Å². The van der Waals surface area contributed by atoms with Crippen molar-refractivity contribution >= 4 is 41.5 Å². The third-order valence-electron chi connectivity index (χ3n) is 5.99. The second-order valence-corrected chi connectivity index (χ2v) is 8.36. The number of nitrogens with zero attached hydrogens (tertiary/aromatic N) is 2. The number of ether oxygens (including phenoxy) is 2. The number of benzene rings is 2. The lowest BCUT2D eigenvalue weighted by Gasteiger charge is -2.19. The molecule has 0 saturated carbocycles. The average Bonchev–Trinajstić information content (AvgIpc) is 3.48. The number of halogens is 1. The maximum Gasteiger partial charge on any atom is 0.246 e. The summed E-state index contributed by atoms with van der Waals surface area (Å²) in [6.07, 6.45) is 1.95. The highest BCUT2D eigenvalue weighted by Crippen LogP contribution is 2.27. The zero-order chi connectivity index (χ0) is 22.3. The first kappa shape index (κ1) is 25.3. The van der Waals surface area contributed by atoms with E-state index < -0.39 is 0 Å². The number of aliphatic imine (C=N–C) groups is 1. The van der Waals surface area contributed by atoms with Crippen molar-refractivity contribution in [3.8, 4) is 5.75 Å². The number of hydrogen-bond acceptors (Lipinski definition) is 4. The van der Waals surface area contributed by atoms with Gasteiger partial charge in [-0.25, -0.2) is 0 Å². The van der Waals surface area contributed by atoms with E-state index in [1.165, 1.54) is 5.56 Å². The second-order valence-electron chi connectivity index (χ2n) is 8.36. The van der Waals surface area contributed by atoms with Crippen LogP contribution in [0.2, 0.25) is 0 Å². The van der Waals surface area contributed by atoms with Crippen LogP contribution in [0.3, 0.4) is 0 Å². The Kier molecular flexibility index (Phi) is 9.37. The molecule has 0 aliphatic carbocycles. The van der Waals surface area contributed by atoms with Gasteiger partial charge in [0, 0.05) is 43.9 Å². The Morgan fingerprint density at radius 3 is 2.88 bits per heavy atom. The normalized spacial score (nSPS) is 17.3. The number of para-hydroxylation sites is 1. The van der Waals surface area contributed by atoms with Crippen molar-refractivity contribution in [2.45, 2.75) is 26.3 Å². The van der Waals surface area contributed by atoms with Crippen LogP contribution in [0.5, 0.6) is 5.75 Å². The molecule has 1 saturated heterocycles. The molecule has 2 aromatic carbocycles. The molecule has 0 aromatic heterocycles. The first-order valence-electron chi connectivity index (χ1n) is 11.3. The number of anilines is 1. The zero-order valence-corrected chi connectivity index (χ0v) is 21.6. The van der Waals surface area contributed by atoms with Gasteiger partial charge in [-0.15, -0.1) is 24.0 Å². The summed E-state index contributed by atoms with van der Waals surface area (Å²) in [4.78, 5) is 18.9. The molecule has 2 heterocycles. The summed E-state index contributed by atoms with van der Waals surface area (Å²) in [5.41, 5.74) is 4.44. The molecule has 2 aliphatic heterocycles. The van der Waals surface area contributed by atoms with Crippen LogP contribution in [0, 0.1) is 12.8 Å². The van der Waals surface area contributed by atoms with E-state index in [9.17, 15) is 4.79 Å². The van der Waals surface area contributed by atoms with Gasteiger partial charge in [0.1, 0.15) is 5.75 Å². The Labute approximate surface area is 213 Å². The SMILES string of the molecule is CN=C(NCC(=O)N1CCc2ccccc21)NCc1ccc(C)cc1OCC1CCOC1.I. The van der Waals surface area contributed by atoms with Crippen LogP contribution in [0.25, 0.3) is 0 Å². The standard InChI is InChI=1S/C25H32N4O3.HI/c1-18-7-8-21(23(13-18)32-17-19-10-12-31-16-19)14-27-25(26-2)28-15-24(30)29-11-9-20-5-3-4-6-22(20)29;/h3-8,13,19H,9-12,14-17H2,1-2H3,(H2,26,27,28);1H. The number of guanidine groups is 1. The highest BCUT2D eigenvalue weighted by atomic mass is 127. The Morgan fingerprint density at radius 1 is 1.24 bits per heavy atom. The van der Waals surface area contributed by atoms with Gasteiger partial charge in [-0.2, -0.15) is 0 Å². The molecule has 1 amide bonds. The molecule has 1 unspecified atom stereocenters. The lowest BCUT2D eigenvalue weighted by molar-refractivity contribution is -0.117. The van der Waals surface area contributed by atoms with E-state index in [1.54, 1.807) is 7.05 Å². The molecule has 1 atom stereocenters. The molecular weight excluding hydrogens is 531 g/mol. The van der Waals surface area contributed by atoms with Gasteiger partial charge in [0.25, 0.3) is 0 Å². The Bertz CT molecular complexity index is 976. The average molecular weight is 564 g/mol. The number of carbonyl (C=O) groups excluding carboxylic acids is 1. The van der Waals surface area contributed by atoms with Crippen molar-refractivity contribution in [2.24, 2.45) is 10.9 Å². The number of amides is 1. The van der Waals surface area contributed by atoms with Crippen LogP contribution in [-0.4, -0.2) is 51.8 Å². The quantitative estimate of drug-likeness (QED) is 0.307. The minimum absolute atomic E-state index is 0. The van der Waals surface area contributed by atoms with Crippen molar-refractivity contribution in [3.63, 3.8) is 0 Å². The molecule has 2 aliphatic rings. The first-order chi connectivity index (χ1) is 15.6. The van der Waals surface area contributed by atoms with Crippen LogP contribution < -0.4 is 20.3 Å². The molecule has 0 radical (unpaired) electrons. The fourth-order valence-electron chi connectivity index (χ4n) is 4.12. The number of rotatable bonds is 7. The summed E-state index contributed by atoms with van der Waals surface area (Å²) >= 11 is 0. The van der Waals surface area contributed by atoms with E-state index in [2.05, 4.69) is 46.8 Å². The fourth-order valence-corrected chi connectivity index (χ4v) is 4.12. The Hall–Kier alpha value is -2.33. The molecule has 2 aromatic rings. The molecule has 33 heavy (non-hydrogen) atoms. The number of hydrogen-bond donors (Lipinski definition) is 2. The molecule has 4 rings (SSSR count). The minimum Gasteiger partial charge on any atom is -0.493 e. The number of aryl methyl sites for hydroxylation is 1. The monoisotopic (exact) mass is 564 g/mol. The van der Waals surface area contributed by atoms with Gasteiger partial charge in [0.05, 0.1) is 19.8 Å². The third-order valence-corrected chi connectivity index (χ3v) is 5.99. The molecule has 1 fully saturated rings. The van der Waals surface area contributed by atoms with Gasteiger partial charge in [-0.1, -0.05) is 30.3 Å². The largest absolute Gasteiger partial charge is 0.493 e.